The molecule has 3 aromatic carbocycles. The van der Waals surface area contributed by atoms with Crippen LogP contribution >= 0.6 is 0 Å². The largest absolute Gasteiger partial charge is 0.289 e. The number of rotatable bonds is 5. The summed E-state index contributed by atoms with van der Waals surface area (Å²) in [5, 5.41) is 0. The molecule has 0 aliphatic rings. The molecule has 0 unspecified atom stereocenters. The smallest absolute Gasteiger partial charge is 0.186 e. The van der Waals surface area contributed by atoms with Gasteiger partial charge in [-0.15, -0.1) is 0 Å². The summed E-state index contributed by atoms with van der Waals surface area (Å²) < 4.78 is 0. The Bertz CT molecular complexity index is 787. The van der Waals surface area contributed by atoms with E-state index in [-0.39, 0.29) is 5.78 Å². The molecule has 1 nitrogen and oxygen atoms in total. The molecule has 0 atom stereocenters. The van der Waals surface area contributed by atoms with Gasteiger partial charge in [0, 0.05) is 5.56 Å². The van der Waals surface area contributed by atoms with Gasteiger partial charge in [0.15, 0.2) is 5.78 Å². The maximum absolute atomic E-state index is 12.5. The third kappa shape index (κ3) is 4.04. The van der Waals surface area contributed by atoms with Gasteiger partial charge in [0.25, 0.3) is 0 Å². The zero-order valence-electron chi connectivity index (χ0n) is 12.9. The first kappa shape index (κ1) is 15.0. The SMILES string of the molecule is O=C(/C=C(\Cc1ccccc1)c1ccccc1)c1ccccc1. The van der Waals surface area contributed by atoms with Crippen LogP contribution in [0, 0.1) is 0 Å². The molecule has 0 aromatic heterocycles. The molecule has 1 heteroatoms. The van der Waals surface area contributed by atoms with Crippen LogP contribution in [0.25, 0.3) is 5.57 Å². The van der Waals surface area contributed by atoms with Gasteiger partial charge < -0.3 is 0 Å². The number of carbonyl (C=O) groups is 1. The van der Waals surface area contributed by atoms with Gasteiger partial charge >= 0.3 is 0 Å². The average Bonchev–Trinajstić information content (AvgIpc) is 2.63. The van der Waals surface area contributed by atoms with Gasteiger partial charge in [-0.2, -0.15) is 0 Å². The number of carbonyl (C=O) groups excluding carboxylic acids is 1. The summed E-state index contributed by atoms with van der Waals surface area (Å²) in [5.74, 6) is 0.0420. The molecular weight excluding hydrogens is 280 g/mol. The summed E-state index contributed by atoms with van der Waals surface area (Å²) in [6.45, 7) is 0. The van der Waals surface area contributed by atoms with Crippen molar-refractivity contribution in [3.63, 3.8) is 0 Å². The molecule has 0 saturated heterocycles. The van der Waals surface area contributed by atoms with Crippen molar-refractivity contribution in [1.29, 1.82) is 0 Å². The summed E-state index contributed by atoms with van der Waals surface area (Å²) in [7, 11) is 0. The lowest BCUT2D eigenvalue weighted by Crippen LogP contribution is -1.98. The Morgan fingerprint density at radius 3 is 1.70 bits per heavy atom. The third-order valence-corrected chi connectivity index (χ3v) is 3.75. The van der Waals surface area contributed by atoms with Crippen LogP contribution < -0.4 is 0 Å². The van der Waals surface area contributed by atoms with Crippen LogP contribution in [0.5, 0.6) is 0 Å². The number of hydrogen-bond acceptors (Lipinski definition) is 1. The molecule has 0 aliphatic carbocycles. The van der Waals surface area contributed by atoms with Crippen molar-refractivity contribution in [1.82, 2.24) is 0 Å². The van der Waals surface area contributed by atoms with Crippen molar-refractivity contribution in [2.45, 2.75) is 6.42 Å². The minimum Gasteiger partial charge on any atom is -0.289 e. The Hall–Kier alpha value is -2.93. The first-order valence-electron chi connectivity index (χ1n) is 7.72. The van der Waals surface area contributed by atoms with Crippen LogP contribution in [0.15, 0.2) is 97.1 Å². The molecule has 0 amide bonds. The Labute approximate surface area is 136 Å². The lowest BCUT2D eigenvalue weighted by atomic mass is 9.96. The van der Waals surface area contributed by atoms with Gasteiger partial charge in [0.2, 0.25) is 0 Å². The molecule has 0 radical (unpaired) electrons. The van der Waals surface area contributed by atoms with Gasteiger partial charge in [-0.3, -0.25) is 4.79 Å². The maximum Gasteiger partial charge on any atom is 0.186 e. The molecule has 0 bridgehead atoms. The second-order valence-corrected chi connectivity index (χ2v) is 5.43. The van der Waals surface area contributed by atoms with Gasteiger partial charge in [-0.05, 0) is 29.2 Å². The molecule has 0 spiro atoms. The van der Waals surface area contributed by atoms with Crippen molar-refractivity contribution in [2.24, 2.45) is 0 Å². The lowest BCUT2D eigenvalue weighted by molar-refractivity contribution is 0.104. The van der Waals surface area contributed by atoms with E-state index < -0.39 is 0 Å². The highest BCUT2D eigenvalue weighted by atomic mass is 16.1. The molecular formula is C22H18O. The van der Waals surface area contributed by atoms with E-state index in [1.165, 1.54) is 5.56 Å². The van der Waals surface area contributed by atoms with Crippen LogP contribution in [0.1, 0.15) is 21.5 Å². The highest BCUT2D eigenvalue weighted by Crippen LogP contribution is 2.20. The van der Waals surface area contributed by atoms with E-state index in [1.54, 1.807) is 6.08 Å². The van der Waals surface area contributed by atoms with Crippen molar-refractivity contribution < 1.29 is 4.79 Å². The summed E-state index contributed by atoms with van der Waals surface area (Å²) in [6.07, 6.45) is 2.50. The predicted octanol–water partition coefficient (Wildman–Crippen LogP) is 5.20. The first-order valence-corrected chi connectivity index (χ1v) is 7.72. The van der Waals surface area contributed by atoms with E-state index in [2.05, 4.69) is 12.1 Å². The van der Waals surface area contributed by atoms with Crippen LogP contribution in [-0.2, 0) is 6.42 Å². The third-order valence-electron chi connectivity index (χ3n) is 3.75. The van der Waals surface area contributed by atoms with E-state index in [1.807, 2.05) is 78.9 Å². The Kier molecular flexibility index (Phi) is 4.80. The minimum atomic E-state index is 0.0420. The standard InChI is InChI=1S/C22H18O/c23-22(20-14-8-3-9-15-20)17-21(19-12-6-2-7-13-19)16-18-10-4-1-5-11-18/h1-15,17H,16H2/b21-17+. The fraction of sp³-hybridized carbons (Fsp3) is 0.0455. The van der Waals surface area contributed by atoms with Crippen molar-refractivity contribution in [2.75, 3.05) is 0 Å². The molecule has 0 saturated carbocycles. The zero-order chi connectivity index (χ0) is 15.9. The molecule has 3 aromatic rings. The van der Waals surface area contributed by atoms with E-state index >= 15 is 0 Å². The van der Waals surface area contributed by atoms with Gasteiger partial charge in [-0.25, -0.2) is 0 Å². The summed E-state index contributed by atoms with van der Waals surface area (Å²) >= 11 is 0. The van der Waals surface area contributed by atoms with Crippen molar-refractivity contribution >= 4 is 11.4 Å². The lowest BCUT2D eigenvalue weighted by Gasteiger charge is -2.08. The molecule has 3 rings (SSSR count). The molecule has 0 fully saturated rings. The van der Waals surface area contributed by atoms with Crippen LogP contribution in [0.4, 0.5) is 0 Å². The number of ketones is 1. The number of allylic oxidation sites excluding steroid dienone is 2. The second kappa shape index (κ2) is 7.37. The summed E-state index contributed by atoms with van der Waals surface area (Å²) in [5.41, 5.74) is 4.03. The summed E-state index contributed by atoms with van der Waals surface area (Å²) in [4.78, 5) is 12.5. The fourth-order valence-corrected chi connectivity index (χ4v) is 2.55. The molecule has 0 heterocycles. The maximum atomic E-state index is 12.5. The van der Waals surface area contributed by atoms with Crippen molar-refractivity contribution in [3.8, 4) is 0 Å². The van der Waals surface area contributed by atoms with E-state index in [0.29, 0.717) is 5.56 Å². The molecule has 23 heavy (non-hydrogen) atoms. The molecule has 0 N–H and O–H groups in total. The first-order chi connectivity index (χ1) is 11.3. The highest BCUT2D eigenvalue weighted by molar-refractivity contribution is 6.08. The summed E-state index contributed by atoms with van der Waals surface area (Å²) in [6, 6.07) is 29.7. The van der Waals surface area contributed by atoms with Crippen LogP contribution in [-0.4, -0.2) is 5.78 Å². The average molecular weight is 298 g/mol. The Balaban J connectivity index is 1.95. The minimum absolute atomic E-state index is 0.0420. The molecule has 112 valence electrons. The van der Waals surface area contributed by atoms with E-state index in [0.717, 1.165) is 17.6 Å². The topological polar surface area (TPSA) is 17.1 Å². The van der Waals surface area contributed by atoms with Crippen molar-refractivity contribution in [3.05, 3.63) is 114 Å². The van der Waals surface area contributed by atoms with E-state index in [9.17, 15) is 4.79 Å². The second-order valence-electron chi connectivity index (χ2n) is 5.43. The predicted molar refractivity (Wildman–Crippen MR) is 95.3 cm³/mol. The van der Waals surface area contributed by atoms with Gasteiger partial charge in [0.1, 0.15) is 0 Å². The fourth-order valence-electron chi connectivity index (χ4n) is 2.55. The van der Waals surface area contributed by atoms with Crippen LogP contribution in [0.3, 0.4) is 0 Å². The monoisotopic (exact) mass is 298 g/mol. The number of hydrogen-bond donors (Lipinski definition) is 0. The van der Waals surface area contributed by atoms with Gasteiger partial charge in [-0.1, -0.05) is 91.0 Å². The van der Waals surface area contributed by atoms with Gasteiger partial charge in [0.05, 0.1) is 0 Å². The van der Waals surface area contributed by atoms with E-state index in [4.69, 9.17) is 0 Å². The normalized spacial score (nSPS) is 11.2. The molecule has 0 aliphatic heterocycles. The van der Waals surface area contributed by atoms with Crippen LogP contribution in [0.2, 0.25) is 0 Å². The quantitative estimate of drug-likeness (QED) is 0.467. The number of benzene rings is 3. The zero-order valence-corrected chi connectivity index (χ0v) is 12.9. The highest BCUT2D eigenvalue weighted by Gasteiger charge is 2.08. The Morgan fingerprint density at radius 2 is 1.13 bits per heavy atom. The Morgan fingerprint density at radius 1 is 0.652 bits per heavy atom.